The molecule has 0 saturated heterocycles. The molecule has 9 rings (SSSR count). The molecule has 0 spiro atoms. The summed E-state index contributed by atoms with van der Waals surface area (Å²) in [5.74, 6) is 4.77. The molecule has 0 aliphatic rings. The molecule has 0 amide bonds. The van der Waals surface area contributed by atoms with Crippen LogP contribution in [0.25, 0.3) is 0 Å². The molecule has 0 radical (unpaired) electrons. The third kappa shape index (κ3) is 10.2. The Morgan fingerprint density at radius 3 is 0.457 bits per heavy atom. The van der Waals surface area contributed by atoms with E-state index in [0.717, 1.165) is 85.7 Å². The van der Waals surface area contributed by atoms with Crippen molar-refractivity contribution >= 4 is 75.0 Å². The fourth-order valence-corrected chi connectivity index (χ4v) is 10.7. The molecule has 10 heteroatoms. The normalized spacial score (nSPS) is 10.8. The zero-order valence-electron chi connectivity index (χ0n) is 40.0. The van der Waals surface area contributed by atoms with Gasteiger partial charge in [0.05, 0.1) is 42.7 Å². The predicted molar refractivity (Wildman–Crippen MR) is 289 cm³/mol. The lowest BCUT2D eigenvalue weighted by molar-refractivity contribution is 0.414. The summed E-state index contributed by atoms with van der Waals surface area (Å²) in [5, 5.41) is 3.61. The van der Waals surface area contributed by atoms with Crippen molar-refractivity contribution in [2.24, 2.45) is 0 Å². The monoisotopic (exact) mass is 943 g/mol. The Bertz CT molecular complexity index is 2580. The van der Waals surface area contributed by atoms with Crippen LogP contribution in [0.5, 0.6) is 34.5 Å². The summed E-state index contributed by atoms with van der Waals surface area (Å²) in [6.45, 7) is 0. The third-order valence-electron chi connectivity index (χ3n) is 12.1. The van der Waals surface area contributed by atoms with Crippen LogP contribution in [0.4, 0.5) is 51.2 Å². The number of ether oxygens (including phenoxy) is 6. The van der Waals surface area contributed by atoms with Gasteiger partial charge in [-0.15, -0.1) is 0 Å². The molecule has 0 fully saturated rings. The maximum atomic E-state index is 5.52. The quantitative estimate of drug-likeness (QED) is 0.0783. The molecule has 0 N–H and O–H groups in total. The zero-order valence-corrected chi connectivity index (χ0v) is 40.9. The molecule has 0 bridgehead atoms. The first-order valence-electron chi connectivity index (χ1n) is 22.7. The van der Waals surface area contributed by atoms with Gasteiger partial charge in [-0.2, -0.15) is 0 Å². The Morgan fingerprint density at radius 2 is 0.329 bits per heavy atom. The van der Waals surface area contributed by atoms with Crippen molar-refractivity contribution in [2.75, 3.05) is 57.4 Å². The molecule has 0 aliphatic heterocycles. The molecule has 350 valence electrons. The van der Waals surface area contributed by atoms with E-state index in [1.807, 2.05) is 72.8 Å². The Kier molecular flexibility index (Phi) is 14.5. The molecule has 9 nitrogen and oxygen atoms in total. The molecule has 0 saturated carbocycles. The second-order valence-electron chi connectivity index (χ2n) is 16.1. The minimum atomic E-state index is -1.06. The lowest BCUT2D eigenvalue weighted by Crippen LogP contribution is -2.22. The summed E-state index contributed by atoms with van der Waals surface area (Å²) >= 11 is 0. The van der Waals surface area contributed by atoms with Gasteiger partial charge < -0.3 is 43.1 Å². The number of benzene rings is 9. The molecule has 0 unspecified atom stereocenters. The summed E-state index contributed by atoms with van der Waals surface area (Å²) in [5.41, 5.74) is 9.07. The first kappa shape index (κ1) is 46.7. The van der Waals surface area contributed by atoms with Crippen LogP contribution in [0.3, 0.4) is 0 Å². The van der Waals surface area contributed by atoms with Crippen molar-refractivity contribution < 1.29 is 28.4 Å². The van der Waals surface area contributed by atoms with E-state index in [-0.39, 0.29) is 0 Å². The van der Waals surface area contributed by atoms with Gasteiger partial charge in [0, 0.05) is 51.2 Å². The number of hydrogen-bond donors (Lipinski definition) is 0. The SMILES string of the molecule is COc1ccc(N(c2ccc(OC)cc2)c2ccc(P(c3ccc(N(c4ccc(OC)cc4)c4ccc(OC)cc4)cc3)c3ccc(N(c4ccc(OC)cc4)c4ccc(OC)cc4)cc3)cc2)cc1. The van der Waals surface area contributed by atoms with Crippen LogP contribution in [-0.4, -0.2) is 42.7 Å². The summed E-state index contributed by atoms with van der Waals surface area (Å²) in [6, 6.07) is 75.7. The average molecular weight is 944 g/mol. The van der Waals surface area contributed by atoms with Crippen molar-refractivity contribution in [1.82, 2.24) is 0 Å². The summed E-state index contributed by atoms with van der Waals surface area (Å²) in [6.07, 6.45) is 0. The Morgan fingerprint density at radius 1 is 0.200 bits per heavy atom. The highest BCUT2D eigenvalue weighted by Crippen LogP contribution is 2.42. The molecule has 0 heterocycles. The molecule has 0 aliphatic carbocycles. The molecule has 9 aromatic carbocycles. The molecule has 70 heavy (non-hydrogen) atoms. The molecule has 9 aromatic rings. The average Bonchev–Trinajstić information content (AvgIpc) is 3.43. The van der Waals surface area contributed by atoms with Crippen molar-refractivity contribution in [3.63, 3.8) is 0 Å². The maximum absolute atomic E-state index is 5.52. The summed E-state index contributed by atoms with van der Waals surface area (Å²) in [4.78, 5) is 6.73. The largest absolute Gasteiger partial charge is 0.497 e. The second kappa shape index (κ2) is 21.7. The number of methoxy groups -OCH3 is 6. The summed E-state index contributed by atoms with van der Waals surface area (Å²) in [7, 11) is 9.05. The van der Waals surface area contributed by atoms with Gasteiger partial charge in [-0.1, -0.05) is 36.4 Å². The van der Waals surface area contributed by atoms with E-state index < -0.39 is 7.92 Å². The summed E-state index contributed by atoms with van der Waals surface area (Å²) < 4.78 is 33.1. The Balaban J connectivity index is 1.14. The first-order valence-corrected chi connectivity index (χ1v) is 24.1. The van der Waals surface area contributed by atoms with Crippen LogP contribution in [0.15, 0.2) is 218 Å². The first-order chi connectivity index (χ1) is 34.4. The second-order valence-corrected chi connectivity index (χ2v) is 18.3. The van der Waals surface area contributed by atoms with Crippen LogP contribution in [0, 0.1) is 0 Å². The van der Waals surface area contributed by atoms with Gasteiger partial charge in [0.15, 0.2) is 0 Å². The van der Waals surface area contributed by atoms with E-state index >= 15 is 0 Å². The molecular weight excluding hydrogens is 890 g/mol. The number of rotatable bonds is 18. The van der Waals surface area contributed by atoms with Gasteiger partial charge in [0.1, 0.15) is 34.5 Å². The van der Waals surface area contributed by atoms with E-state index in [1.165, 1.54) is 15.9 Å². The molecular formula is C60H54N3O6P. The van der Waals surface area contributed by atoms with Gasteiger partial charge in [0.2, 0.25) is 0 Å². The van der Waals surface area contributed by atoms with Crippen molar-refractivity contribution in [1.29, 1.82) is 0 Å². The molecule has 0 atom stereocenters. The standard InChI is InChI=1S/C60H54N3O6P/c1-64-52-25-7-43(8-26-52)61(44-9-27-53(65-2)28-10-44)49-19-37-58(38-20-49)70(59-39-21-50(22-40-59)62(45-11-29-54(66-3)30-12-45)46-13-31-55(67-4)32-14-46)60-41-23-51(24-42-60)63(47-15-33-56(68-5)34-16-47)48-17-35-57(69-6)36-18-48/h7-42H,1-6H3. The Hall–Kier alpha value is -8.39. The number of nitrogens with zero attached hydrogens (tertiary/aromatic N) is 3. The van der Waals surface area contributed by atoms with Crippen LogP contribution >= 0.6 is 7.92 Å². The highest BCUT2D eigenvalue weighted by molar-refractivity contribution is 7.79. The van der Waals surface area contributed by atoms with Crippen LogP contribution in [-0.2, 0) is 0 Å². The lowest BCUT2D eigenvalue weighted by atomic mass is 10.2. The van der Waals surface area contributed by atoms with Crippen molar-refractivity contribution in [3.05, 3.63) is 218 Å². The lowest BCUT2D eigenvalue weighted by Gasteiger charge is -2.28. The van der Waals surface area contributed by atoms with Gasteiger partial charge in [-0.3, -0.25) is 0 Å². The smallest absolute Gasteiger partial charge is 0.119 e. The van der Waals surface area contributed by atoms with E-state index in [9.17, 15) is 0 Å². The van der Waals surface area contributed by atoms with Gasteiger partial charge in [0.25, 0.3) is 0 Å². The highest BCUT2D eigenvalue weighted by Gasteiger charge is 2.22. The van der Waals surface area contributed by atoms with Gasteiger partial charge >= 0.3 is 0 Å². The van der Waals surface area contributed by atoms with Crippen molar-refractivity contribution in [2.45, 2.75) is 0 Å². The third-order valence-corrected chi connectivity index (χ3v) is 14.5. The fourth-order valence-electron chi connectivity index (χ4n) is 8.43. The van der Waals surface area contributed by atoms with Gasteiger partial charge in [-0.25, -0.2) is 0 Å². The maximum Gasteiger partial charge on any atom is 0.119 e. The number of anilines is 9. The van der Waals surface area contributed by atoms with Gasteiger partial charge in [-0.05, 0) is 206 Å². The van der Waals surface area contributed by atoms with E-state index in [2.05, 4.69) is 160 Å². The van der Waals surface area contributed by atoms with Crippen LogP contribution in [0.2, 0.25) is 0 Å². The van der Waals surface area contributed by atoms with E-state index in [4.69, 9.17) is 28.4 Å². The topological polar surface area (TPSA) is 65.1 Å². The van der Waals surface area contributed by atoms with Crippen LogP contribution in [0.1, 0.15) is 0 Å². The van der Waals surface area contributed by atoms with Crippen LogP contribution < -0.4 is 59.0 Å². The predicted octanol–water partition coefficient (Wildman–Crippen LogP) is 13.9. The highest BCUT2D eigenvalue weighted by atomic mass is 31.1. The zero-order chi connectivity index (χ0) is 48.4. The minimum Gasteiger partial charge on any atom is -0.497 e. The number of hydrogen-bond acceptors (Lipinski definition) is 9. The minimum absolute atomic E-state index is 0.795. The molecule has 0 aromatic heterocycles. The fraction of sp³-hybridized carbons (Fsp3) is 0.100. The van der Waals surface area contributed by atoms with Crippen molar-refractivity contribution in [3.8, 4) is 34.5 Å². The van der Waals surface area contributed by atoms with E-state index in [0.29, 0.717) is 0 Å². The Labute approximate surface area is 412 Å². The van der Waals surface area contributed by atoms with E-state index in [1.54, 1.807) is 42.7 Å².